The third-order valence-corrected chi connectivity index (χ3v) is 2.85. The van der Waals surface area contributed by atoms with Gasteiger partial charge in [0.15, 0.2) is 0 Å². The van der Waals surface area contributed by atoms with E-state index in [4.69, 9.17) is 10.00 Å². The first kappa shape index (κ1) is 12.7. The predicted molar refractivity (Wildman–Crippen MR) is 56.8 cm³/mol. The van der Waals surface area contributed by atoms with Crippen LogP contribution in [-0.4, -0.2) is 11.1 Å². The van der Waals surface area contributed by atoms with Crippen molar-refractivity contribution in [3.63, 3.8) is 0 Å². The van der Waals surface area contributed by atoms with Crippen LogP contribution in [-0.2, 0) is 6.18 Å². The summed E-state index contributed by atoms with van der Waals surface area (Å²) in [5.41, 5.74) is -0.996. The van der Waals surface area contributed by atoms with Crippen LogP contribution < -0.4 is 4.74 Å². The first-order chi connectivity index (χ1) is 8.50. The molecule has 0 bridgehead atoms. The van der Waals surface area contributed by atoms with Crippen molar-refractivity contribution in [2.24, 2.45) is 0 Å². The Bertz CT molecular complexity index is 473. The topological polar surface area (TPSA) is 45.9 Å². The average molecular weight is 256 g/mol. The van der Waals surface area contributed by atoms with Crippen molar-refractivity contribution in [3.05, 3.63) is 23.4 Å². The molecule has 0 N–H and O–H groups in total. The second-order valence-corrected chi connectivity index (χ2v) is 4.18. The lowest BCUT2D eigenvalue weighted by molar-refractivity contribution is -0.141. The molecule has 0 amide bonds. The van der Waals surface area contributed by atoms with Crippen LogP contribution >= 0.6 is 0 Å². The molecular formula is C12H11F3N2O. The van der Waals surface area contributed by atoms with Gasteiger partial charge in [0.05, 0.1) is 0 Å². The molecule has 0 aliphatic heterocycles. The van der Waals surface area contributed by atoms with Gasteiger partial charge in [-0.05, 0) is 37.8 Å². The molecule has 1 heterocycles. The maximum atomic E-state index is 12.5. The van der Waals surface area contributed by atoms with Crippen molar-refractivity contribution in [1.29, 1.82) is 5.26 Å². The van der Waals surface area contributed by atoms with Gasteiger partial charge in [0.2, 0.25) is 5.88 Å². The number of nitrogens with zero attached hydrogens (tertiary/aromatic N) is 2. The minimum absolute atomic E-state index is 0.0369. The lowest BCUT2D eigenvalue weighted by Crippen LogP contribution is -2.15. The van der Waals surface area contributed by atoms with Crippen LogP contribution in [0.5, 0.6) is 5.88 Å². The third-order valence-electron chi connectivity index (χ3n) is 2.85. The minimum atomic E-state index is -4.53. The highest BCUT2D eigenvalue weighted by atomic mass is 19.4. The number of ether oxygens (including phenoxy) is 1. The second kappa shape index (κ2) is 4.84. The Morgan fingerprint density at radius 2 is 1.94 bits per heavy atom. The van der Waals surface area contributed by atoms with Crippen molar-refractivity contribution in [1.82, 2.24) is 4.98 Å². The van der Waals surface area contributed by atoms with Crippen LogP contribution in [0.25, 0.3) is 0 Å². The van der Waals surface area contributed by atoms with Gasteiger partial charge in [-0.1, -0.05) is 0 Å². The van der Waals surface area contributed by atoms with E-state index in [-0.39, 0.29) is 17.5 Å². The quantitative estimate of drug-likeness (QED) is 0.815. The highest BCUT2D eigenvalue weighted by Crippen LogP contribution is 2.31. The van der Waals surface area contributed by atoms with Crippen molar-refractivity contribution < 1.29 is 17.9 Å². The number of hydrogen-bond acceptors (Lipinski definition) is 3. The molecule has 1 aromatic heterocycles. The van der Waals surface area contributed by atoms with Crippen molar-refractivity contribution in [2.75, 3.05) is 0 Å². The lowest BCUT2D eigenvalue weighted by Gasteiger charge is -2.14. The smallest absolute Gasteiger partial charge is 0.433 e. The van der Waals surface area contributed by atoms with Crippen LogP contribution in [0.3, 0.4) is 0 Å². The van der Waals surface area contributed by atoms with E-state index < -0.39 is 11.9 Å². The van der Waals surface area contributed by atoms with Crippen LogP contribution in [0.2, 0.25) is 0 Å². The number of alkyl halides is 3. The number of aromatic nitrogens is 1. The number of nitriles is 1. The summed E-state index contributed by atoms with van der Waals surface area (Å²) in [6, 6.07) is 3.68. The van der Waals surface area contributed by atoms with Gasteiger partial charge in [-0.25, -0.2) is 4.98 Å². The standard InChI is InChI=1S/C12H11F3N2O/c13-12(14,15)10-6-5-8(7-16)11(17-10)18-9-3-1-2-4-9/h5-6,9H,1-4H2. The molecule has 1 aliphatic carbocycles. The van der Waals surface area contributed by atoms with E-state index in [1.54, 1.807) is 6.07 Å². The molecule has 0 spiro atoms. The highest BCUT2D eigenvalue weighted by molar-refractivity contribution is 5.39. The molecule has 0 aromatic carbocycles. The third kappa shape index (κ3) is 2.73. The SMILES string of the molecule is N#Cc1ccc(C(F)(F)F)nc1OC1CCCC1. The molecule has 1 saturated carbocycles. The molecule has 0 unspecified atom stereocenters. The van der Waals surface area contributed by atoms with E-state index in [1.807, 2.05) is 0 Å². The molecule has 96 valence electrons. The maximum absolute atomic E-state index is 12.5. The van der Waals surface area contributed by atoms with Gasteiger partial charge in [-0.15, -0.1) is 0 Å². The summed E-state index contributed by atoms with van der Waals surface area (Å²) in [7, 11) is 0. The Kier molecular flexibility index (Phi) is 3.41. The summed E-state index contributed by atoms with van der Waals surface area (Å²) >= 11 is 0. The zero-order chi connectivity index (χ0) is 13.2. The molecule has 1 aromatic rings. The normalized spacial score (nSPS) is 16.6. The van der Waals surface area contributed by atoms with Crippen molar-refractivity contribution in [3.8, 4) is 11.9 Å². The lowest BCUT2D eigenvalue weighted by atomic mass is 10.2. The fraction of sp³-hybridized carbons (Fsp3) is 0.500. The molecule has 2 rings (SSSR count). The Hall–Kier alpha value is -1.77. The van der Waals surface area contributed by atoms with Crippen LogP contribution in [0.1, 0.15) is 36.9 Å². The summed E-state index contributed by atoms with van der Waals surface area (Å²) in [6.07, 6.45) is -1.09. The van der Waals surface area contributed by atoms with Gasteiger partial charge in [0.25, 0.3) is 0 Å². The van der Waals surface area contributed by atoms with Crippen LogP contribution in [0.4, 0.5) is 13.2 Å². The molecule has 0 atom stereocenters. The monoisotopic (exact) mass is 256 g/mol. The zero-order valence-corrected chi connectivity index (χ0v) is 9.50. The largest absolute Gasteiger partial charge is 0.473 e. The number of rotatable bonds is 2. The van der Waals surface area contributed by atoms with Gasteiger partial charge in [-0.2, -0.15) is 18.4 Å². The molecule has 0 saturated heterocycles. The average Bonchev–Trinajstić information content (AvgIpc) is 2.80. The Morgan fingerprint density at radius 1 is 1.28 bits per heavy atom. The molecule has 3 nitrogen and oxygen atoms in total. The number of halogens is 3. The van der Waals surface area contributed by atoms with Gasteiger partial charge in [-0.3, -0.25) is 0 Å². The number of pyridine rings is 1. The summed E-state index contributed by atoms with van der Waals surface area (Å²) in [5, 5.41) is 8.83. The highest BCUT2D eigenvalue weighted by Gasteiger charge is 2.33. The number of hydrogen-bond donors (Lipinski definition) is 0. The van der Waals surface area contributed by atoms with Gasteiger partial charge in [0, 0.05) is 0 Å². The first-order valence-electron chi connectivity index (χ1n) is 5.65. The van der Waals surface area contributed by atoms with Crippen molar-refractivity contribution >= 4 is 0 Å². The van der Waals surface area contributed by atoms with Gasteiger partial charge >= 0.3 is 6.18 Å². The molecule has 0 radical (unpaired) electrons. The molecular weight excluding hydrogens is 245 g/mol. The predicted octanol–water partition coefficient (Wildman–Crippen LogP) is 3.29. The van der Waals surface area contributed by atoms with Crippen LogP contribution in [0.15, 0.2) is 12.1 Å². The maximum Gasteiger partial charge on any atom is 0.433 e. The zero-order valence-electron chi connectivity index (χ0n) is 9.50. The van der Waals surface area contributed by atoms with Crippen LogP contribution in [0, 0.1) is 11.3 Å². The first-order valence-corrected chi connectivity index (χ1v) is 5.65. The Labute approximate surface area is 102 Å². The fourth-order valence-corrected chi connectivity index (χ4v) is 1.94. The van der Waals surface area contributed by atoms with E-state index in [9.17, 15) is 13.2 Å². The van der Waals surface area contributed by atoms with E-state index in [0.29, 0.717) is 0 Å². The summed E-state index contributed by atoms with van der Waals surface area (Å²) in [6.45, 7) is 0. The Balaban J connectivity index is 2.28. The molecule has 1 fully saturated rings. The summed E-state index contributed by atoms with van der Waals surface area (Å²) in [5.74, 6) is -0.209. The second-order valence-electron chi connectivity index (χ2n) is 4.18. The summed E-state index contributed by atoms with van der Waals surface area (Å²) in [4.78, 5) is 3.41. The molecule has 6 heteroatoms. The van der Waals surface area contributed by atoms with E-state index in [1.165, 1.54) is 0 Å². The van der Waals surface area contributed by atoms with E-state index in [2.05, 4.69) is 4.98 Å². The van der Waals surface area contributed by atoms with Gasteiger partial charge in [0.1, 0.15) is 23.4 Å². The summed E-state index contributed by atoms with van der Waals surface area (Å²) < 4.78 is 42.9. The molecule has 1 aliphatic rings. The fourth-order valence-electron chi connectivity index (χ4n) is 1.94. The van der Waals surface area contributed by atoms with Gasteiger partial charge < -0.3 is 4.74 Å². The minimum Gasteiger partial charge on any atom is -0.473 e. The van der Waals surface area contributed by atoms with E-state index in [0.717, 1.165) is 37.8 Å². The van der Waals surface area contributed by atoms with Crippen molar-refractivity contribution in [2.45, 2.75) is 38.0 Å². The Morgan fingerprint density at radius 3 is 2.50 bits per heavy atom. The molecule has 18 heavy (non-hydrogen) atoms. The van der Waals surface area contributed by atoms with E-state index >= 15 is 0 Å².